The summed E-state index contributed by atoms with van der Waals surface area (Å²) < 4.78 is 19.0. The van der Waals surface area contributed by atoms with Gasteiger partial charge in [-0.1, -0.05) is 29.8 Å². The fourth-order valence-electron chi connectivity index (χ4n) is 3.28. The van der Waals surface area contributed by atoms with E-state index in [2.05, 4.69) is 25.3 Å². The van der Waals surface area contributed by atoms with Gasteiger partial charge in [-0.3, -0.25) is 19.9 Å². The number of fused-ring (bicyclic) bond motifs is 1. The predicted octanol–water partition coefficient (Wildman–Crippen LogP) is 5.07. The number of hydrogen-bond donors (Lipinski definition) is 2. The van der Waals surface area contributed by atoms with E-state index in [-0.39, 0.29) is 28.9 Å². The topological polar surface area (TPSA) is 110 Å². The quantitative estimate of drug-likeness (QED) is 0.332. The first-order valence-electron chi connectivity index (χ1n) is 10.3. The maximum absolute atomic E-state index is 13.4. The van der Waals surface area contributed by atoms with E-state index in [1.54, 1.807) is 35.7 Å². The molecular formula is C24H15ClFN5O3S. The first kappa shape index (κ1) is 22.6. The summed E-state index contributed by atoms with van der Waals surface area (Å²) in [5.74, 6) is -0.282. The number of thiazole rings is 1. The molecule has 0 aliphatic heterocycles. The van der Waals surface area contributed by atoms with Crippen molar-refractivity contribution in [3.05, 3.63) is 98.8 Å². The number of halogens is 2. The van der Waals surface area contributed by atoms with E-state index in [4.69, 9.17) is 16.3 Å². The second-order valence-corrected chi connectivity index (χ2v) is 8.56. The molecule has 3 heterocycles. The summed E-state index contributed by atoms with van der Waals surface area (Å²) in [5.41, 5.74) is 1.31. The molecule has 0 radical (unpaired) electrons. The molecule has 0 saturated heterocycles. The van der Waals surface area contributed by atoms with Gasteiger partial charge < -0.3 is 9.72 Å². The number of carbonyl (C=O) groups is 1. The molecule has 2 aromatic carbocycles. The summed E-state index contributed by atoms with van der Waals surface area (Å²) in [6.07, 6.45) is 1.49. The maximum Gasteiger partial charge on any atom is 0.258 e. The molecule has 0 fully saturated rings. The Labute approximate surface area is 206 Å². The van der Waals surface area contributed by atoms with Crippen molar-refractivity contribution in [2.45, 2.75) is 6.61 Å². The fourth-order valence-corrected chi connectivity index (χ4v) is 4.15. The third-order valence-electron chi connectivity index (χ3n) is 4.94. The lowest BCUT2D eigenvalue weighted by molar-refractivity contribution is 0.102. The van der Waals surface area contributed by atoms with Crippen LogP contribution in [-0.4, -0.2) is 25.8 Å². The van der Waals surface area contributed by atoms with Crippen LogP contribution < -0.4 is 15.6 Å². The molecule has 0 aliphatic rings. The number of carbonyl (C=O) groups excluding carboxylic acids is 1. The predicted molar refractivity (Wildman–Crippen MR) is 131 cm³/mol. The Bertz CT molecular complexity index is 1610. The molecule has 11 heteroatoms. The van der Waals surface area contributed by atoms with Gasteiger partial charge in [0.2, 0.25) is 0 Å². The molecule has 2 N–H and O–H groups in total. The monoisotopic (exact) mass is 507 g/mol. The third-order valence-corrected chi connectivity index (χ3v) is 5.99. The normalized spacial score (nSPS) is 10.9. The van der Waals surface area contributed by atoms with Crippen LogP contribution in [0.2, 0.25) is 5.02 Å². The van der Waals surface area contributed by atoms with Crippen molar-refractivity contribution in [2.75, 3.05) is 5.32 Å². The molecule has 5 rings (SSSR count). The molecule has 1 amide bonds. The number of hydrogen-bond acceptors (Lipinski definition) is 7. The highest BCUT2D eigenvalue weighted by Gasteiger charge is 2.16. The van der Waals surface area contributed by atoms with Gasteiger partial charge >= 0.3 is 0 Å². The molecule has 174 valence electrons. The van der Waals surface area contributed by atoms with E-state index < -0.39 is 5.82 Å². The Balaban J connectivity index is 1.42. The Morgan fingerprint density at radius 2 is 1.97 bits per heavy atom. The molecule has 8 nitrogen and oxygen atoms in total. The zero-order valence-electron chi connectivity index (χ0n) is 17.8. The van der Waals surface area contributed by atoms with E-state index >= 15 is 0 Å². The number of aromatic amines is 1. The van der Waals surface area contributed by atoms with Crippen LogP contribution in [0.4, 0.5) is 9.52 Å². The summed E-state index contributed by atoms with van der Waals surface area (Å²) in [6, 6.07) is 14.3. The maximum atomic E-state index is 13.4. The van der Waals surface area contributed by atoms with Crippen LogP contribution in [0.1, 0.15) is 16.2 Å². The number of aromatic nitrogens is 4. The molecule has 0 atom stereocenters. The average molecular weight is 508 g/mol. The van der Waals surface area contributed by atoms with Crippen LogP contribution >= 0.6 is 22.9 Å². The van der Waals surface area contributed by atoms with Crippen molar-refractivity contribution in [3.8, 4) is 17.1 Å². The second kappa shape index (κ2) is 9.61. The number of benzene rings is 2. The molecular weight excluding hydrogens is 493 g/mol. The van der Waals surface area contributed by atoms with Crippen molar-refractivity contribution in [3.63, 3.8) is 0 Å². The number of ether oxygens (including phenoxy) is 1. The highest BCUT2D eigenvalue weighted by molar-refractivity contribution is 7.14. The Morgan fingerprint density at radius 1 is 1.14 bits per heavy atom. The number of nitrogens with zero attached hydrogens (tertiary/aromatic N) is 3. The zero-order valence-corrected chi connectivity index (χ0v) is 19.4. The van der Waals surface area contributed by atoms with Gasteiger partial charge in [-0.2, -0.15) is 0 Å². The molecule has 0 spiro atoms. The molecule has 35 heavy (non-hydrogen) atoms. The van der Waals surface area contributed by atoms with E-state index in [1.807, 2.05) is 6.07 Å². The van der Waals surface area contributed by atoms with Crippen molar-refractivity contribution in [2.24, 2.45) is 0 Å². The zero-order chi connectivity index (χ0) is 24.4. The molecule has 0 bridgehead atoms. The van der Waals surface area contributed by atoms with Gasteiger partial charge in [0.25, 0.3) is 11.5 Å². The number of H-pyrrole nitrogens is 1. The SMILES string of the molecule is O=C(Nc1nc(-c2nccc3c(=O)[nH]c(COc4ccc(F)c(Cl)c4)nc23)cs1)c1ccccc1. The lowest BCUT2D eigenvalue weighted by Gasteiger charge is -2.08. The molecule has 5 aromatic rings. The summed E-state index contributed by atoms with van der Waals surface area (Å²) in [7, 11) is 0. The van der Waals surface area contributed by atoms with Gasteiger partial charge in [0.1, 0.15) is 40.9 Å². The van der Waals surface area contributed by atoms with Gasteiger partial charge in [-0.15, -0.1) is 11.3 Å². The minimum Gasteiger partial charge on any atom is -0.486 e. The van der Waals surface area contributed by atoms with Crippen molar-refractivity contribution >= 4 is 44.9 Å². The van der Waals surface area contributed by atoms with Crippen molar-refractivity contribution < 1.29 is 13.9 Å². The van der Waals surface area contributed by atoms with Crippen LogP contribution in [0.5, 0.6) is 5.75 Å². The lowest BCUT2D eigenvalue weighted by Crippen LogP contribution is -2.14. The van der Waals surface area contributed by atoms with Crippen LogP contribution in [0.15, 0.2) is 71.0 Å². The second-order valence-electron chi connectivity index (χ2n) is 7.29. The Hall–Kier alpha value is -4.15. The summed E-state index contributed by atoms with van der Waals surface area (Å²) in [6.45, 7) is -0.0864. The number of amides is 1. The van der Waals surface area contributed by atoms with Crippen molar-refractivity contribution in [1.82, 2.24) is 19.9 Å². The molecule has 0 aliphatic carbocycles. The standard InChI is InChI=1S/C24H15ClFN5O3S/c25-16-10-14(6-7-17(16)26)34-11-19-29-20-15(23(33)30-19)8-9-27-21(20)18-12-35-24(28-18)31-22(32)13-4-2-1-3-5-13/h1-10,12H,11H2,(H,28,31,32)(H,29,30,33). The van der Waals surface area contributed by atoms with Gasteiger partial charge in [-0.05, 0) is 30.3 Å². The molecule has 0 unspecified atom stereocenters. The largest absolute Gasteiger partial charge is 0.486 e. The minimum absolute atomic E-state index is 0.0763. The van der Waals surface area contributed by atoms with Crippen LogP contribution in [0.3, 0.4) is 0 Å². The average Bonchev–Trinajstić information content (AvgIpc) is 3.33. The van der Waals surface area contributed by atoms with E-state index in [9.17, 15) is 14.0 Å². The van der Waals surface area contributed by atoms with Crippen LogP contribution in [0.25, 0.3) is 22.3 Å². The van der Waals surface area contributed by atoms with E-state index in [0.29, 0.717) is 38.7 Å². The lowest BCUT2D eigenvalue weighted by atomic mass is 10.2. The minimum atomic E-state index is -0.561. The van der Waals surface area contributed by atoms with Crippen LogP contribution in [0, 0.1) is 5.82 Å². The molecule has 0 saturated carbocycles. The molecule has 3 aromatic heterocycles. The summed E-state index contributed by atoms with van der Waals surface area (Å²) >= 11 is 7.02. The number of pyridine rings is 1. The van der Waals surface area contributed by atoms with E-state index in [1.165, 1.54) is 35.7 Å². The van der Waals surface area contributed by atoms with Crippen LogP contribution in [-0.2, 0) is 6.61 Å². The van der Waals surface area contributed by atoms with Gasteiger partial charge in [0.05, 0.1) is 10.4 Å². The van der Waals surface area contributed by atoms with Gasteiger partial charge in [0, 0.05) is 23.2 Å². The van der Waals surface area contributed by atoms with Gasteiger partial charge in [-0.25, -0.2) is 14.4 Å². The highest BCUT2D eigenvalue weighted by atomic mass is 35.5. The summed E-state index contributed by atoms with van der Waals surface area (Å²) in [5, 5.41) is 5.12. The first-order chi connectivity index (χ1) is 17.0. The number of rotatable bonds is 6. The van der Waals surface area contributed by atoms with Crippen molar-refractivity contribution in [1.29, 1.82) is 0 Å². The fraction of sp³-hybridized carbons (Fsp3) is 0.0417. The number of anilines is 1. The Morgan fingerprint density at radius 3 is 2.77 bits per heavy atom. The Kier molecular flexibility index (Phi) is 6.21. The smallest absolute Gasteiger partial charge is 0.258 e. The van der Waals surface area contributed by atoms with Gasteiger partial charge in [0.15, 0.2) is 5.13 Å². The highest BCUT2D eigenvalue weighted by Crippen LogP contribution is 2.28. The third kappa shape index (κ3) is 4.88. The first-order valence-corrected chi connectivity index (χ1v) is 11.5. The number of nitrogens with one attached hydrogen (secondary N) is 2. The van der Waals surface area contributed by atoms with E-state index in [0.717, 1.165) is 0 Å². The summed E-state index contributed by atoms with van der Waals surface area (Å²) in [4.78, 5) is 41.1.